The molecule has 1 aliphatic rings. The van der Waals surface area contributed by atoms with Crippen LogP contribution in [0.15, 0.2) is 47.5 Å². The molecule has 0 aliphatic carbocycles. The number of benzene rings is 2. The molecule has 2 aromatic rings. The first kappa shape index (κ1) is 16.6. The zero-order valence-corrected chi connectivity index (χ0v) is 15.0. The number of amidine groups is 1. The van der Waals surface area contributed by atoms with E-state index in [0.717, 1.165) is 35.9 Å². The summed E-state index contributed by atoms with van der Waals surface area (Å²) in [4.78, 5) is 4.71. The minimum absolute atomic E-state index is 0.262. The summed E-state index contributed by atoms with van der Waals surface area (Å²) in [7, 11) is 0. The van der Waals surface area contributed by atoms with E-state index in [-0.39, 0.29) is 6.04 Å². The fourth-order valence-corrected chi connectivity index (χ4v) is 2.98. The fourth-order valence-electron chi connectivity index (χ4n) is 2.98. The highest BCUT2D eigenvalue weighted by Gasteiger charge is 2.21. The van der Waals surface area contributed by atoms with Gasteiger partial charge in [-0.2, -0.15) is 0 Å². The molecule has 3 nitrogen and oxygen atoms in total. The van der Waals surface area contributed by atoms with Crippen LogP contribution >= 0.6 is 0 Å². The van der Waals surface area contributed by atoms with Crippen molar-refractivity contribution >= 4 is 5.84 Å². The highest BCUT2D eigenvalue weighted by Crippen LogP contribution is 2.25. The first-order valence-corrected chi connectivity index (χ1v) is 8.65. The van der Waals surface area contributed by atoms with Gasteiger partial charge in [-0.1, -0.05) is 38.1 Å². The maximum Gasteiger partial charge on any atom is 0.128 e. The number of hydrogen-bond donors (Lipinski definition) is 1. The monoisotopic (exact) mass is 322 g/mol. The average Bonchev–Trinajstić information content (AvgIpc) is 3.03. The van der Waals surface area contributed by atoms with Gasteiger partial charge in [0.25, 0.3) is 0 Å². The Morgan fingerprint density at radius 1 is 1.12 bits per heavy atom. The molecule has 0 spiro atoms. The number of rotatable bonds is 5. The van der Waals surface area contributed by atoms with E-state index in [2.05, 4.69) is 75.5 Å². The van der Waals surface area contributed by atoms with E-state index in [1.807, 2.05) is 0 Å². The van der Waals surface area contributed by atoms with Crippen LogP contribution in [0.3, 0.4) is 0 Å². The van der Waals surface area contributed by atoms with Crippen LogP contribution in [0.2, 0.25) is 0 Å². The minimum atomic E-state index is 0.262. The maximum absolute atomic E-state index is 5.86. The van der Waals surface area contributed by atoms with Crippen molar-refractivity contribution in [1.82, 2.24) is 5.32 Å². The predicted octanol–water partition coefficient (Wildman–Crippen LogP) is 4.43. The molecule has 3 heteroatoms. The second-order valence-corrected chi connectivity index (χ2v) is 6.93. The summed E-state index contributed by atoms with van der Waals surface area (Å²) in [6.07, 6.45) is 0. The molecule has 24 heavy (non-hydrogen) atoms. The Hall–Kier alpha value is -2.29. The summed E-state index contributed by atoms with van der Waals surface area (Å²) >= 11 is 0. The fraction of sp³-hybridized carbons (Fsp3) is 0.381. The van der Waals surface area contributed by atoms with E-state index in [9.17, 15) is 0 Å². The molecule has 1 unspecified atom stereocenters. The van der Waals surface area contributed by atoms with Gasteiger partial charge in [0.05, 0.1) is 19.2 Å². The van der Waals surface area contributed by atoms with Crippen molar-refractivity contribution in [2.24, 2.45) is 10.9 Å². The maximum atomic E-state index is 5.86. The van der Waals surface area contributed by atoms with Gasteiger partial charge in [-0.25, -0.2) is 0 Å². The molecule has 0 aromatic heterocycles. The minimum Gasteiger partial charge on any atom is -0.493 e. The first-order valence-electron chi connectivity index (χ1n) is 8.65. The lowest BCUT2D eigenvalue weighted by Crippen LogP contribution is -2.24. The number of nitrogens with one attached hydrogen (secondary N) is 1. The smallest absolute Gasteiger partial charge is 0.128 e. The molecule has 0 amide bonds. The van der Waals surface area contributed by atoms with Crippen LogP contribution in [0, 0.1) is 19.8 Å². The second-order valence-electron chi connectivity index (χ2n) is 6.93. The largest absolute Gasteiger partial charge is 0.493 e. The van der Waals surface area contributed by atoms with Gasteiger partial charge in [0.15, 0.2) is 0 Å². The van der Waals surface area contributed by atoms with Gasteiger partial charge >= 0.3 is 0 Å². The highest BCUT2D eigenvalue weighted by molar-refractivity contribution is 6.00. The molecule has 1 atom stereocenters. The summed E-state index contributed by atoms with van der Waals surface area (Å²) < 4.78 is 5.86. The van der Waals surface area contributed by atoms with Gasteiger partial charge in [-0.3, -0.25) is 4.99 Å². The molecule has 2 aromatic carbocycles. The third-order valence-electron chi connectivity index (χ3n) is 4.33. The molecule has 0 bridgehead atoms. The van der Waals surface area contributed by atoms with Crippen molar-refractivity contribution < 1.29 is 4.74 Å². The molecule has 126 valence electrons. The number of nitrogens with zero attached hydrogens (tertiary/aromatic N) is 1. The molecular weight excluding hydrogens is 296 g/mol. The third kappa shape index (κ3) is 3.61. The van der Waals surface area contributed by atoms with Crippen LogP contribution in [0.5, 0.6) is 5.75 Å². The Labute approximate surface area is 144 Å². The topological polar surface area (TPSA) is 33.6 Å². The van der Waals surface area contributed by atoms with Crippen molar-refractivity contribution in [2.45, 2.75) is 33.7 Å². The van der Waals surface area contributed by atoms with E-state index >= 15 is 0 Å². The normalized spacial score (nSPS) is 16.9. The summed E-state index contributed by atoms with van der Waals surface area (Å²) in [5, 5.41) is 3.57. The van der Waals surface area contributed by atoms with Crippen molar-refractivity contribution in [3.05, 3.63) is 64.7 Å². The molecule has 0 saturated heterocycles. The lowest BCUT2D eigenvalue weighted by Gasteiger charge is -2.16. The number of aryl methyl sites for hydroxylation is 2. The molecule has 0 saturated carbocycles. The first-order chi connectivity index (χ1) is 11.5. The van der Waals surface area contributed by atoms with Crippen LogP contribution in [0.25, 0.3) is 0 Å². The van der Waals surface area contributed by atoms with Gasteiger partial charge in [0.1, 0.15) is 11.6 Å². The van der Waals surface area contributed by atoms with Gasteiger partial charge in [0.2, 0.25) is 0 Å². The van der Waals surface area contributed by atoms with Crippen LogP contribution in [0.4, 0.5) is 0 Å². The predicted molar refractivity (Wildman–Crippen MR) is 100.0 cm³/mol. The summed E-state index contributed by atoms with van der Waals surface area (Å²) in [6.45, 7) is 10.1. The Morgan fingerprint density at radius 3 is 2.62 bits per heavy atom. The molecule has 0 fully saturated rings. The number of hydrogen-bond acceptors (Lipinski definition) is 3. The van der Waals surface area contributed by atoms with E-state index in [1.165, 1.54) is 11.1 Å². The Kier molecular flexibility index (Phi) is 4.89. The van der Waals surface area contributed by atoms with Crippen molar-refractivity contribution in [2.75, 3.05) is 13.2 Å². The average molecular weight is 322 g/mol. The van der Waals surface area contributed by atoms with E-state index in [0.29, 0.717) is 5.92 Å². The van der Waals surface area contributed by atoms with E-state index < -0.39 is 0 Å². The van der Waals surface area contributed by atoms with E-state index in [1.54, 1.807) is 0 Å². The SMILES string of the molecule is Cc1cc(C2=NCC(c3ccccc3C)N2)ccc1OCC(C)C. The summed E-state index contributed by atoms with van der Waals surface area (Å²) in [6, 6.07) is 15.1. The molecular formula is C21H26N2O. The van der Waals surface area contributed by atoms with Gasteiger partial charge in [-0.05, 0) is 54.7 Å². The summed E-state index contributed by atoms with van der Waals surface area (Å²) in [5.74, 6) is 2.46. The second kappa shape index (κ2) is 7.08. The molecule has 0 radical (unpaired) electrons. The molecule has 1 aliphatic heterocycles. The van der Waals surface area contributed by atoms with Crippen molar-refractivity contribution in [1.29, 1.82) is 0 Å². The third-order valence-corrected chi connectivity index (χ3v) is 4.33. The number of aliphatic imine (C=N–C) groups is 1. The lowest BCUT2D eigenvalue weighted by molar-refractivity contribution is 0.269. The van der Waals surface area contributed by atoms with Gasteiger partial charge in [-0.15, -0.1) is 0 Å². The zero-order chi connectivity index (χ0) is 17.1. The number of ether oxygens (including phenoxy) is 1. The van der Waals surface area contributed by atoms with E-state index in [4.69, 9.17) is 9.73 Å². The quantitative estimate of drug-likeness (QED) is 0.883. The van der Waals surface area contributed by atoms with Crippen LogP contribution in [0.1, 0.15) is 42.1 Å². The Bertz CT molecular complexity index is 749. The molecule has 3 rings (SSSR count). The van der Waals surface area contributed by atoms with Gasteiger partial charge < -0.3 is 10.1 Å². The van der Waals surface area contributed by atoms with Crippen LogP contribution in [-0.2, 0) is 0 Å². The van der Waals surface area contributed by atoms with Crippen molar-refractivity contribution in [3.63, 3.8) is 0 Å². The van der Waals surface area contributed by atoms with Crippen LogP contribution < -0.4 is 10.1 Å². The highest BCUT2D eigenvalue weighted by atomic mass is 16.5. The lowest BCUT2D eigenvalue weighted by atomic mass is 10.0. The Morgan fingerprint density at radius 2 is 1.92 bits per heavy atom. The standard InChI is InChI=1S/C21H26N2O/c1-14(2)13-24-20-10-9-17(11-16(20)4)21-22-12-19(23-21)18-8-6-5-7-15(18)3/h5-11,14,19H,12-13H2,1-4H3,(H,22,23). The molecule has 1 N–H and O–H groups in total. The Balaban J connectivity index is 1.72. The molecule has 1 heterocycles. The summed E-state index contributed by atoms with van der Waals surface area (Å²) in [5.41, 5.74) is 4.90. The zero-order valence-electron chi connectivity index (χ0n) is 15.0. The van der Waals surface area contributed by atoms with Crippen LogP contribution in [-0.4, -0.2) is 19.0 Å². The van der Waals surface area contributed by atoms with Gasteiger partial charge in [0, 0.05) is 5.56 Å². The van der Waals surface area contributed by atoms with Crippen molar-refractivity contribution in [3.8, 4) is 5.75 Å².